The van der Waals surface area contributed by atoms with Gasteiger partial charge in [0.25, 0.3) is 10.0 Å². The van der Waals surface area contributed by atoms with E-state index >= 15 is 0 Å². The van der Waals surface area contributed by atoms with E-state index in [4.69, 9.17) is 9.63 Å². The van der Waals surface area contributed by atoms with Crippen LogP contribution in [0.4, 0.5) is 5.69 Å². The lowest BCUT2D eigenvalue weighted by molar-refractivity contribution is 0.0697. The Morgan fingerprint density at radius 1 is 1.29 bits per heavy atom. The van der Waals surface area contributed by atoms with Crippen molar-refractivity contribution in [2.75, 3.05) is 4.72 Å². The van der Waals surface area contributed by atoms with E-state index in [1.165, 1.54) is 32.0 Å². The number of hydrogen-bond acceptors (Lipinski definition) is 5. The van der Waals surface area contributed by atoms with Crippen LogP contribution in [0.5, 0.6) is 0 Å². The number of rotatable bonds is 4. The molecule has 1 heterocycles. The molecule has 8 heteroatoms. The Bertz CT molecular complexity index is 788. The number of nitrogens with zero attached hydrogens (tertiary/aromatic N) is 1. The summed E-state index contributed by atoms with van der Waals surface area (Å²) in [5.41, 5.74) is 1.05. The van der Waals surface area contributed by atoms with Gasteiger partial charge >= 0.3 is 5.97 Å². The second kappa shape index (κ2) is 5.21. The predicted molar refractivity (Wildman–Crippen MR) is 74.9 cm³/mol. The number of aromatic nitrogens is 1. The van der Waals surface area contributed by atoms with Crippen molar-refractivity contribution >= 4 is 21.7 Å². The Morgan fingerprint density at radius 2 is 1.95 bits per heavy atom. The molecule has 0 radical (unpaired) electrons. The summed E-state index contributed by atoms with van der Waals surface area (Å²) in [4.78, 5) is 10.9. The normalized spacial score (nSPS) is 11.4. The van der Waals surface area contributed by atoms with E-state index in [-0.39, 0.29) is 27.6 Å². The molecule has 0 fully saturated rings. The Hall–Kier alpha value is -2.35. The van der Waals surface area contributed by atoms with E-state index in [2.05, 4.69) is 9.88 Å². The maximum absolute atomic E-state index is 12.4. The number of anilines is 1. The zero-order valence-corrected chi connectivity index (χ0v) is 12.5. The van der Waals surface area contributed by atoms with Crippen molar-refractivity contribution in [1.29, 1.82) is 0 Å². The summed E-state index contributed by atoms with van der Waals surface area (Å²) in [7, 11) is -3.90. The number of aryl methyl sites for hydroxylation is 3. The largest absolute Gasteiger partial charge is 0.478 e. The standard InChI is InChI=1S/C13H14N2O5S/c1-7-4-5-10(13(16)17)6-11(7)15-21(18,19)12-8(2)14-20-9(12)3/h4-6,15H,1-3H3,(H,16,17). The van der Waals surface area contributed by atoms with E-state index in [0.717, 1.165) is 0 Å². The third kappa shape index (κ3) is 2.89. The van der Waals surface area contributed by atoms with Crippen LogP contribution in [0, 0.1) is 20.8 Å². The maximum atomic E-state index is 12.4. The van der Waals surface area contributed by atoms with Crippen molar-refractivity contribution in [3.8, 4) is 0 Å². The van der Waals surface area contributed by atoms with Gasteiger partial charge in [-0.3, -0.25) is 4.72 Å². The summed E-state index contributed by atoms with van der Waals surface area (Å²) in [6, 6.07) is 4.22. The molecule has 0 aliphatic carbocycles. The summed E-state index contributed by atoms with van der Waals surface area (Å²) in [5, 5.41) is 12.6. The van der Waals surface area contributed by atoms with Crippen molar-refractivity contribution < 1.29 is 22.8 Å². The van der Waals surface area contributed by atoms with Gasteiger partial charge in [0, 0.05) is 0 Å². The van der Waals surface area contributed by atoms with Gasteiger partial charge in [0.05, 0.1) is 11.3 Å². The Labute approximate surface area is 121 Å². The van der Waals surface area contributed by atoms with Gasteiger partial charge < -0.3 is 9.63 Å². The van der Waals surface area contributed by atoms with Crippen LogP contribution in [0.15, 0.2) is 27.6 Å². The van der Waals surface area contributed by atoms with Crippen molar-refractivity contribution in [2.45, 2.75) is 25.7 Å². The minimum Gasteiger partial charge on any atom is -0.478 e. The number of carbonyl (C=O) groups is 1. The van der Waals surface area contributed by atoms with Gasteiger partial charge in [-0.15, -0.1) is 0 Å². The number of hydrogen-bond donors (Lipinski definition) is 2. The zero-order valence-electron chi connectivity index (χ0n) is 11.7. The molecule has 0 aliphatic rings. The molecule has 2 rings (SSSR count). The van der Waals surface area contributed by atoms with E-state index in [0.29, 0.717) is 5.56 Å². The minimum atomic E-state index is -3.90. The predicted octanol–water partition coefficient (Wildman–Crippen LogP) is 2.10. The molecule has 112 valence electrons. The maximum Gasteiger partial charge on any atom is 0.335 e. The highest BCUT2D eigenvalue weighted by atomic mass is 32.2. The van der Waals surface area contributed by atoms with Crippen LogP contribution >= 0.6 is 0 Å². The third-order valence-electron chi connectivity index (χ3n) is 2.97. The molecule has 1 aromatic heterocycles. The number of carboxylic acids is 1. The molecular formula is C13H14N2O5S. The lowest BCUT2D eigenvalue weighted by Crippen LogP contribution is -2.15. The fourth-order valence-electron chi connectivity index (χ4n) is 1.92. The van der Waals surface area contributed by atoms with Crippen molar-refractivity contribution in [2.24, 2.45) is 0 Å². The zero-order chi connectivity index (χ0) is 15.8. The first-order chi connectivity index (χ1) is 9.72. The Balaban J connectivity index is 2.46. The van der Waals surface area contributed by atoms with Crippen LogP contribution in [-0.4, -0.2) is 24.7 Å². The first-order valence-corrected chi connectivity index (χ1v) is 7.50. The number of carboxylic acid groups (broad SMARTS) is 1. The third-order valence-corrected chi connectivity index (χ3v) is 4.57. The monoisotopic (exact) mass is 310 g/mol. The average Bonchev–Trinajstić information content (AvgIpc) is 2.71. The lowest BCUT2D eigenvalue weighted by atomic mass is 10.1. The molecule has 0 aliphatic heterocycles. The minimum absolute atomic E-state index is 0.00272. The molecular weight excluding hydrogens is 296 g/mol. The fraction of sp³-hybridized carbons (Fsp3) is 0.231. The second-order valence-corrected chi connectivity index (χ2v) is 6.21. The Kier molecular flexibility index (Phi) is 3.73. The molecule has 1 aromatic carbocycles. The summed E-state index contributed by atoms with van der Waals surface area (Å²) < 4.78 is 32.0. The molecule has 0 amide bonds. The fourth-order valence-corrected chi connectivity index (χ4v) is 3.37. The first-order valence-electron chi connectivity index (χ1n) is 6.02. The van der Waals surface area contributed by atoms with E-state index in [9.17, 15) is 13.2 Å². The van der Waals surface area contributed by atoms with Crippen LogP contribution in [0.2, 0.25) is 0 Å². The molecule has 2 aromatic rings. The summed E-state index contributed by atoms with van der Waals surface area (Å²) >= 11 is 0. The van der Waals surface area contributed by atoms with Gasteiger partial charge in [-0.05, 0) is 38.5 Å². The molecule has 0 saturated heterocycles. The van der Waals surface area contributed by atoms with Crippen molar-refractivity contribution in [3.05, 3.63) is 40.8 Å². The molecule has 0 saturated carbocycles. The van der Waals surface area contributed by atoms with Gasteiger partial charge in [-0.25, -0.2) is 13.2 Å². The quantitative estimate of drug-likeness (QED) is 0.895. The molecule has 7 nitrogen and oxygen atoms in total. The molecule has 0 atom stereocenters. The summed E-state index contributed by atoms with van der Waals surface area (Å²) in [6.07, 6.45) is 0. The van der Waals surface area contributed by atoms with Crippen LogP contribution in [-0.2, 0) is 10.0 Å². The average molecular weight is 310 g/mol. The van der Waals surface area contributed by atoms with Gasteiger partial charge in [0.2, 0.25) is 0 Å². The van der Waals surface area contributed by atoms with Crippen LogP contribution in [0.25, 0.3) is 0 Å². The van der Waals surface area contributed by atoms with Crippen LogP contribution in [0.3, 0.4) is 0 Å². The number of nitrogens with one attached hydrogen (secondary N) is 1. The van der Waals surface area contributed by atoms with E-state index in [1.54, 1.807) is 6.92 Å². The van der Waals surface area contributed by atoms with Gasteiger partial charge in [-0.1, -0.05) is 11.2 Å². The smallest absolute Gasteiger partial charge is 0.335 e. The van der Waals surface area contributed by atoms with Gasteiger partial charge in [-0.2, -0.15) is 0 Å². The van der Waals surface area contributed by atoms with Crippen LogP contribution < -0.4 is 4.72 Å². The highest BCUT2D eigenvalue weighted by molar-refractivity contribution is 7.92. The van der Waals surface area contributed by atoms with E-state index in [1.807, 2.05) is 0 Å². The highest BCUT2D eigenvalue weighted by Crippen LogP contribution is 2.24. The topological polar surface area (TPSA) is 110 Å². The molecule has 0 bridgehead atoms. The SMILES string of the molecule is Cc1ccc(C(=O)O)cc1NS(=O)(=O)c1c(C)noc1C. The number of benzene rings is 1. The first kappa shape index (κ1) is 15.0. The summed E-state index contributed by atoms with van der Waals surface area (Å²) in [5.74, 6) is -0.958. The van der Waals surface area contributed by atoms with E-state index < -0.39 is 16.0 Å². The van der Waals surface area contributed by atoms with Gasteiger partial charge in [0.1, 0.15) is 5.69 Å². The summed E-state index contributed by atoms with van der Waals surface area (Å²) in [6.45, 7) is 4.69. The van der Waals surface area contributed by atoms with Gasteiger partial charge in [0.15, 0.2) is 10.7 Å². The second-order valence-electron chi connectivity index (χ2n) is 4.59. The lowest BCUT2D eigenvalue weighted by Gasteiger charge is -2.11. The van der Waals surface area contributed by atoms with Crippen LogP contribution in [0.1, 0.15) is 27.4 Å². The van der Waals surface area contributed by atoms with Crippen molar-refractivity contribution in [3.63, 3.8) is 0 Å². The molecule has 0 unspecified atom stereocenters. The molecule has 2 N–H and O–H groups in total. The number of aromatic carboxylic acids is 1. The van der Waals surface area contributed by atoms with Crippen molar-refractivity contribution in [1.82, 2.24) is 5.16 Å². The highest BCUT2D eigenvalue weighted by Gasteiger charge is 2.25. The number of sulfonamides is 1. The molecule has 21 heavy (non-hydrogen) atoms. The Morgan fingerprint density at radius 3 is 2.48 bits per heavy atom. The molecule has 0 spiro atoms.